The summed E-state index contributed by atoms with van der Waals surface area (Å²) in [6, 6.07) is 16.5. The van der Waals surface area contributed by atoms with E-state index in [2.05, 4.69) is 43.0 Å². The first-order valence-electron chi connectivity index (χ1n) is 5.22. The Morgan fingerprint density at radius 3 is 2.31 bits per heavy atom. The maximum Gasteiger partial charge on any atom is 0.0474 e. The van der Waals surface area contributed by atoms with Crippen LogP contribution >= 0.6 is 11.6 Å². The first kappa shape index (κ1) is 11.0. The molecule has 0 amide bonds. The molecule has 0 saturated carbocycles. The molecule has 0 atom stereocenters. The normalized spacial score (nSPS) is 10.1. The van der Waals surface area contributed by atoms with Gasteiger partial charge in [0.25, 0.3) is 0 Å². The summed E-state index contributed by atoms with van der Waals surface area (Å²) in [5.41, 5.74) is 4.70. The molecule has 0 nitrogen and oxygen atoms in total. The van der Waals surface area contributed by atoms with E-state index in [1.807, 2.05) is 18.2 Å². The smallest absolute Gasteiger partial charge is 0.0474 e. The van der Waals surface area contributed by atoms with Gasteiger partial charge in [-0.15, -0.1) is 11.6 Å². The second-order valence-electron chi connectivity index (χ2n) is 3.62. The minimum atomic E-state index is 0.559. The van der Waals surface area contributed by atoms with Crippen molar-refractivity contribution in [2.75, 3.05) is 0 Å². The molecule has 0 fully saturated rings. The molecule has 0 saturated heterocycles. The summed E-state index contributed by atoms with van der Waals surface area (Å²) in [6.45, 7) is 3.83. The highest BCUT2D eigenvalue weighted by Gasteiger charge is 2.01. The number of hydrogen-bond donors (Lipinski definition) is 0. The van der Waals surface area contributed by atoms with E-state index in [9.17, 15) is 0 Å². The lowest BCUT2D eigenvalue weighted by Crippen LogP contribution is -1.83. The van der Waals surface area contributed by atoms with E-state index in [1.54, 1.807) is 0 Å². The van der Waals surface area contributed by atoms with Crippen LogP contribution in [0.2, 0.25) is 0 Å². The van der Waals surface area contributed by atoms with Crippen LogP contribution in [0, 0.1) is 0 Å². The fourth-order valence-electron chi connectivity index (χ4n) is 1.71. The van der Waals surface area contributed by atoms with Crippen molar-refractivity contribution in [1.82, 2.24) is 0 Å². The average Bonchev–Trinajstić information content (AvgIpc) is 2.39. The van der Waals surface area contributed by atoms with Gasteiger partial charge in [0.2, 0.25) is 0 Å². The van der Waals surface area contributed by atoms with Gasteiger partial charge in [-0.25, -0.2) is 0 Å². The molecule has 0 aliphatic heterocycles. The molecule has 2 rings (SSSR count). The lowest BCUT2D eigenvalue weighted by Gasteiger charge is -2.06. The Balaban J connectivity index is 2.46. The van der Waals surface area contributed by atoms with E-state index in [-0.39, 0.29) is 0 Å². The second-order valence-corrected chi connectivity index (χ2v) is 3.89. The van der Waals surface area contributed by atoms with Crippen molar-refractivity contribution in [3.63, 3.8) is 0 Å². The van der Waals surface area contributed by atoms with Crippen LogP contribution in [0.15, 0.2) is 55.1 Å². The van der Waals surface area contributed by atoms with E-state index in [4.69, 9.17) is 11.6 Å². The van der Waals surface area contributed by atoms with Crippen LogP contribution in [-0.2, 0) is 5.88 Å². The van der Waals surface area contributed by atoms with E-state index < -0.39 is 0 Å². The van der Waals surface area contributed by atoms with Gasteiger partial charge in [0.1, 0.15) is 0 Å². The number of alkyl halides is 1. The highest BCUT2D eigenvalue weighted by Crippen LogP contribution is 2.24. The molecule has 16 heavy (non-hydrogen) atoms. The number of hydrogen-bond acceptors (Lipinski definition) is 0. The van der Waals surface area contributed by atoms with E-state index in [0.29, 0.717) is 5.88 Å². The molecule has 1 heteroatoms. The van der Waals surface area contributed by atoms with Crippen molar-refractivity contribution in [2.45, 2.75) is 5.88 Å². The predicted molar refractivity (Wildman–Crippen MR) is 71.5 cm³/mol. The Kier molecular flexibility index (Phi) is 3.43. The van der Waals surface area contributed by atoms with Crippen molar-refractivity contribution in [1.29, 1.82) is 0 Å². The van der Waals surface area contributed by atoms with Crippen LogP contribution in [-0.4, -0.2) is 0 Å². The highest BCUT2D eigenvalue weighted by molar-refractivity contribution is 6.17. The molecule has 0 spiro atoms. The van der Waals surface area contributed by atoms with E-state index in [1.165, 1.54) is 11.1 Å². The van der Waals surface area contributed by atoms with Crippen molar-refractivity contribution < 1.29 is 0 Å². The first-order chi connectivity index (χ1) is 7.85. The third-order valence-electron chi connectivity index (χ3n) is 2.60. The topological polar surface area (TPSA) is 0 Å². The standard InChI is InChI=1S/C15H13Cl/c1-2-13-5-3-4-6-15(13)14-9-7-12(11-16)8-10-14/h2-10H,1,11H2. The van der Waals surface area contributed by atoms with Gasteiger partial charge in [0.05, 0.1) is 0 Å². The van der Waals surface area contributed by atoms with Crippen molar-refractivity contribution in [3.8, 4) is 11.1 Å². The summed E-state index contributed by atoms with van der Waals surface area (Å²) in [7, 11) is 0. The lowest BCUT2D eigenvalue weighted by molar-refractivity contribution is 1.40. The molecule has 2 aromatic rings. The van der Waals surface area contributed by atoms with E-state index in [0.717, 1.165) is 11.1 Å². The Morgan fingerprint density at radius 1 is 1.00 bits per heavy atom. The molecule has 0 N–H and O–H groups in total. The third kappa shape index (κ3) is 2.17. The maximum atomic E-state index is 5.77. The zero-order valence-electron chi connectivity index (χ0n) is 8.99. The van der Waals surface area contributed by atoms with Crippen LogP contribution in [0.25, 0.3) is 17.2 Å². The molecule has 2 aromatic carbocycles. The average molecular weight is 229 g/mol. The quantitative estimate of drug-likeness (QED) is 0.666. The van der Waals surface area contributed by atoms with Gasteiger partial charge in [-0.1, -0.05) is 61.2 Å². The molecule has 0 unspecified atom stereocenters. The Bertz CT molecular complexity index is 483. The zero-order valence-corrected chi connectivity index (χ0v) is 9.74. The summed E-state index contributed by atoms with van der Waals surface area (Å²) in [6.07, 6.45) is 1.88. The molecular weight excluding hydrogens is 216 g/mol. The van der Waals surface area contributed by atoms with Gasteiger partial charge < -0.3 is 0 Å². The maximum absolute atomic E-state index is 5.77. The van der Waals surface area contributed by atoms with Gasteiger partial charge in [-0.2, -0.15) is 0 Å². The fraction of sp³-hybridized carbons (Fsp3) is 0.0667. The van der Waals surface area contributed by atoms with Crippen molar-refractivity contribution in [3.05, 3.63) is 66.2 Å². The largest absolute Gasteiger partial charge is 0.122 e. The van der Waals surface area contributed by atoms with Crippen LogP contribution in [0.5, 0.6) is 0 Å². The molecule has 80 valence electrons. The lowest BCUT2D eigenvalue weighted by atomic mass is 9.99. The molecule has 0 aliphatic carbocycles. The molecule has 0 radical (unpaired) electrons. The molecule has 0 heterocycles. The molecule has 0 aromatic heterocycles. The molecule has 0 aliphatic rings. The summed E-state index contributed by atoms with van der Waals surface area (Å²) < 4.78 is 0. The van der Waals surface area contributed by atoms with E-state index >= 15 is 0 Å². The highest BCUT2D eigenvalue weighted by atomic mass is 35.5. The van der Waals surface area contributed by atoms with Crippen LogP contribution in [0.3, 0.4) is 0 Å². The summed E-state index contributed by atoms with van der Waals surface area (Å²) in [5, 5.41) is 0. The monoisotopic (exact) mass is 228 g/mol. The molecule has 0 bridgehead atoms. The Morgan fingerprint density at radius 2 is 1.69 bits per heavy atom. The van der Waals surface area contributed by atoms with Crippen LogP contribution < -0.4 is 0 Å². The summed E-state index contributed by atoms with van der Waals surface area (Å²) in [5.74, 6) is 0.559. The third-order valence-corrected chi connectivity index (χ3v) is 2.91. The number of halogens is 1. The molecular formula is C15H13Cl. The Hall–Kier alpha value is -1.53. The van der Waals surface area contributed by atoms with Gasteiger partial charge in [-0.05, 0) is 22.3 Å². The summed E-state index contributed by atoms with van der Waals surface area (Å²) in [4.78, 5) is 0. The first-order valence-corrected chi connectivity index (χ1v) is 5.75. The van der Waals surface area contributed by atoms with Gasteiger partial charge >= 0.3 is 0 Å². The van der Waals surface area contributed by atoms with Gasteiger partial charge in [0, 0.05) is 5.88 Å². The van der Waals surface area contributed by atoms with Crippen molar-refractivity contribution >= 4 is 17.7 Å². The SMILES string of the molecule is C=Cc1ccccc1-c1ccc(CCl)cc1. The second kappa shape index (κ2) is 5.00. The minimum absolute atomic E-state index is 0.559. The van der Waals surface area contributed by atoms with Crippen LogP contribution in [0.4, 0.5) is 0 Å². The number of rotatable bonds is 3. The number of benzene rings is 2. The van der Waals surface area contributed by atoms with Gasteiger partial charge in [-0.3, -0.25) is 0 Å². The zero-order chi connectivity index (χ0) is 11.4. The predicted octanol–water partition coefficient (Wildman–Crippen LogP) is 4.74. The summed E-state index contributed by atoms with van der Waals surface area (Å²) >= 11 is 5.77. The van der Waals surface area contributed by atoms with Crippen LogP contribution in [0.1, 0.15) is 11.1 Å². The Labute approximate surface area is 101 Å². The van der Waals surface area contributed by atoms with Gasteiger partial charge in [0.15, 0.2) is 0 Å². The minimum Gasteiger partial charge on any atom is -0.122 e. The van der Waals surface area contributed by atoms with Crippen molar-refractivity contribution in [2.24, 2.45) is 0 Å². The fourth-order valence-corrected chi connectivity index (χ4v) is 1.89.